The second-order valence-electron chi connectivity index (χ2n) is 6.92. The van der Waals surface area contributed by atoms with Crippen molar-refractivity contribution in [1.29, 1.82) is 0 Å². The summed E-state index contributed by atoms with van der Waals surface area (Å²) in [6, 6.07) is 11.1. The Kier molecular flexibility index (Phi) is 5.52. The number of alkyl halides is 3. The van der Waals surface area contributed by atoms with Crippen molar-refractivity contribution in [3.63, 3.8) is 0 Å². The van der Waals surface area contributed by atoms with Crippen molar-refractivity contribution in [2.45, 2.75) is 29.8 Å². The molecule has 0 bridgehead atoms. The van der Waals surface area contributed by atoms with E-state index in [1.54, 1.807) is 6.07 Å². The van der Waals surface area contributed by atoms with Crippen LogP contribution >= 0.6 is 0 Å². The maximum absolute atomic E-state index is 14.0. The second-order valence-corrected chi connectivity index (χ2v) is 8.82. The van der Waals surface area contributed by atoms with Crippen LogP contribution in [0.25, 0.3) is 0 Å². The highest BCUT2D eigenvalue weighted by atomic mass is 32.2. The van der Waals surface area contributed by atoms with Crippen molar-refractivity contribution in [2.75, 3.05) is 18.0 Å². The summed E-state index contributed by atoms with van der Waals surface area (Å²) in [4.78, 5) is 4.78. The Morgan fingerprint density at radius 1 is 1.10 bits per heavy atom. The molecule has 4 rings (SSSR count). The lowest BCUT2D eigenvalue weighted by molar-refractivity contribution is -0.211. The largest absolute Gasteiger partial charge is 0.487 e. The van der Waals surface area contributed by atoms with E-state index in [0.29, 0.717) is 0 Å². The average molecular weight is 459 g/mol. The van der Waals surface area contributed by atoms with Crippen LogP contribution in [0.4, 0.5) is 23.2 Å². The third-order valence-electron chi connectivity index (χ3n) is 4.86. The van der Waals surface area contributed by atoms with E-state index in [4.69, 9.17) is 4.74 Å². The SMILES string of the molecule is O=S(=O)(c1ccccc1F)N1CCC(Oc2ccccc2N2C=NOC2C(F)(F)F)C1. The first-order valence-corrected chi connectivity index (χ1v) is 10.7. The summed E-state index contributed by atoms with van der Waals surface area (Å²) >= 11 is 0. The van der Waals surface area contributed by atoms with Gasteiger partial charge in [-0.2, -0.15) is 17.5 Å². The maximum atomic E-state index is 14.0. The number of anilines is 1. The molecule has 2 aliphatic heterocycles. The standard InChI is InChI=1S/C19H17F4N3O4S/c20-14-5-1-4-8-17(14)31(27,28)25-10-9-13(11-25)29-16-7-3-2-6-15(16)26-12-24-30-18(26)19(21,22)23/h1-8,12-13,18H,9-11H2. The fourth-order valence-electron chi connectivity index (χ4n) is 3.41. The number of sulfonamides is 1. The summed E-state index contributed by atoms with van der Waals surface area (Å²) in [7, 11) is -4.07. The number of oxime groups is 1. The predicted molar refractivity (Wildman–Crippen MR) is 103 cm³/mol. The van der Waals surface area contributed by atoms with E-state index in [1.165, 1.54) is 36.4 Å². The Morgan fingerprint density at radius 2 is 1.81 bits per heavy atom. The van der Waals surface area contributed by atoms with E-state index in [0.717, 1.165) is 21.6 Å². The Hall–Kier alpha value is -2.86. The van der Waals surface area contributed by atoms with E-state index < -0.39 is 39.2 Å². The van der Waals surface area contributed by atoms with Crippen LogP contribution in [-0.2, 0) is 14.9 Å². The minimum atomic E-state index is -4.69. The lowest BCUT2D eigenvalue weighted by Gasteiger charge is -2.26. The van der Waals surface area contributed by atoms with Gasteiger partial charge < -0.3 is 9.57 Å². The summed E-state index contributed by atoms with van der Waals surface area (Å²) in [5, 5.41) is 3.25. The van der Waals surface area contributed by atoms with Crippen LogP contribution in [0.3, 0.4) is 0 Å². The van der Waals surface area contributed by atoms with Crippen LogP contribution in [0, 0.1) is 5.82 Å². The Morgan fingerprint density at radius 3 is 2.55 bits per heavy atom. The number of benzene rings is 2. The second kappa shape index (κ2) is 8.00. The molecule has 0 N–H and O–H groups in total. The summed E-state index contributed by atoms with van der Waals surface area (Å²) in [6.45, 7) is 0.0151. The summed E-state index contributed by atoms with van der Waals surface area (Å²) in [5.41, 5.74) is 0.0708. The zero-order valence-corrected chi connectivity index (χ0v) is 16.7. The highest BCUT2D eigenvalue weighted by molar-refractivity contribution is 7.89. The highest BCUT2D eigenvalue weighted by Crippen LogP contribution is 2.37. The number of hydrogen-bond acceptors (Lipinski definition) is 6. The first-order valence-electron chi connectivity index (χ1n) is 9.22. The molecule has 1 fully saturated rings. The van der Waals surface area contributed by atoms with Crippen LogP contribution in [0.1, 0.15) is 6.42 Å². The maximum Gasteiger partial charge on any atom is 0.448 e. The van der Waals surface area contributed by atoms with Crippen molar-refractivity contribution < 1.29 is 35.6 Å². The third kappa shape index (κ3) is 4.17. The lowest BCUT2D eigenvalue weighted by atomic mass is 10.2. The quantitative estimate of drug-likeness (QED) is 0.642. The van der Waals surface area contributed by atoms with Gasteiger partial charge >= 0.3 is 12.4 Å². The zero-order chi connectivity index (χ0) is 22.2. The normalized spacial score (nSPS) is 22.0. The van der Waals surface area contributed by atoms with Gasteiger partial charge in [-0.15, -0.1) is 0 Å². The topological polar surface area (TPSA) is 71.4 Å². The Labute approximate surface area is 175 Å². The van der Waals surface area contributed by atoms with Crippen molar-refractivity contribution in [2.24, 2.45) is 5.16 Å². The van der Waals surface area contributed by atoms with Crippen molar-refractivity contribution in [3.8, 4) is 5.75 Å². The van der Waals surface area contributed by atoms with Gasteiger partial charge in [0.15, 0.2) is 0 Å². The third-order valence-corrected chi connectivity index (χ3v) is 6.76. The van der Waals surface area contributed by atoms with Crippen molar-refractivity contribution in [1.82, 2.24) is 4.31 Å². The first kappa shape index (κ1) is 21.4. The molecular formula is C19H17F4N3O4S. The van der Waals surface area contributed by atoms with Gasteiger partial charge in [0.1, 0.15) is 28.9 Å². The number of nitrogens with zero attached hydrogens (tertiary/aromatic N) is 3. The first-order chi connectivity index (χ1) is 14.7. The Bertz CT molecular complexity index is 1090. The predicted octanol–water partition coefficient (Wildman–Crippen LogP) is 3.34. The molecular weight excluding hydrogens is 442 g/mol. The highest BCUT2D eigenvalue weighted by Gasteiger charge is 2.49. The minimum Gasteiger partial charge on any atom is -0.487 e. The monoisotopic (exact) mass is 459 g/mol. The zero-order valence-electron chi connectivity index (χ0n) is 15.9. The lowest BCUT2D eigenvalue weighted by Crippen LogP contribution is -2.43. The van der Waals surface area contributed by atoms with Crippen molar-refractivity contribution in [3.05, 3.63) is 54.3 Å². The molecule has 2 aliphatic rings. The number of para-hydroxylation sites is 2. The summed E-state index contributed by atoms with van der Waals surface area (Å²) in [6.07, 6.45) is -6.42. The molecule has 2 heterocycles. The van der Waals surface area contributed by atoms with Gasteiger partial charge in [-0.3, -0.25) is 4.90 Å². The van der Waals surface area contributed by atoms with Crippen LogP contribution in [0.2, 0.25) is 0 Å². The number of halogens is 4. The molecule has 12 heteroatoms. The number of ether oxygens (including phenoxy) is 1. The van der Waals surface area contributed by atoms with E-state index in [9.17, 15) is 26.0 Å². The molecule has 2 unspecified atom stereocenters. The van der Waals surface area contributed by atoms with Gasteiger partial charge in [-0.1, -0.05) is 29.4 Å². The Balaban J connectivity index is 1.52. The van der Waals surface area contributed by atoms with Crippen LogP contribution in [-0.4, -0.2) is 50.7 Å². The molecule has 1 saturated heterocycles. The van der Waals surface area contributed by atoms with Gasteiger partial charge in [-0.05, 0) is 30.7 Å². The molecule has 0 saturated carbocycles. The van der Waals surface area contributed by atoms with Crippen molar-refractivity contribution >= 4 is 22.0 Å². The molecule has 31 heavy (non-hydrogen) atoms. The van der Waals surface area contributed by atoms with Crippen LogP contribution in [0.15, 0.2) is 58.6 Å². The van der Waals surface area contributed by atoms with E-state index >= 15 is 0 Å². The molecule has 7 nitrogen and oxygen atoms in total. The fraction of sp³-hybridized carbons (Fsp3) is 0.316. The van der Waals surface area contributed by atoms with Gasteiger partial charge in [0, 0.05) is 6.54 Å². The molecule has 0 aliphatic carbocycles. The molecule has 0 radical (unpaired) electrons. The molecule has 2 aromatic carbocycles. The molecule has 0 aromatic heterocycles. The van der Waals surface area contributed by atoms with Gasteiger partial charge in [-0.25, -0.2) is 12.8 Å². The van der Waals surface area contributed by atoms with Crippen LogP contribution < -0.4 is 9.64 Å². The molecule has 0 amide bonds. The molecule has 2 atom stereocenters. The molecule has 166 valence electrons. The van der Waals surface area contributed by atoms with Crippen LogP contribution in [0.5, 0.6) is 5.75 Å². The number of hydrogen-bond donors (Lipinski definition) is 0. The van der Waals surface area contributed by atoms with E-state index in [2.05, 4.69) is 9.99 Å². The van der Waals surface area contributed by atoms with Gasteiger partial charge in [0.05, 0.1) is 12.2 Å². The summed E-state index contributed by atoms with van der Waals surface area (Å²) in [5.74, 6) is -0.743. The van der Waals surface area contributed by atoms with E-state index in [-0.39, 0.29) is 30.9 Å². The summed E-state index contributed by atoms with van der Waals surface area (Å²) < 4.78 is 86.1. The molecule has 0 spiro atoms. The fourth-order valence-corrected chi connectivity index (χ4v) is 4.96. The van der Waals surface area contributed by atoms with E-state index in [1.807, 2.05) is 0 Å². The number of rotatable bonds is 5. The average Bonchev–Trinajstić information content (AvgIpc) is 3.38. The van der Waals surface area contributed by atoms with Gasteiger partial charge in [0.2, 0.25) is 10.0 Å². The minimum absolute atomic E-state index is 0.0708. The molecule has 2 aromatic rings. The smallest absolute Gasteiger partial charge is 0.448 e. The van der Waals surface area contributed by atoms with Gasteiger partial charge in [0.25, 0.3) is 0 Å².